The van der Waals surface area contributed by atoms with Gasteiger partial charge in [0, 0.05) is 0 Å². The van der Waals surface area contributed by atoms with Crippen LogP contribution in [-0.2, 0) is 0 Å². The summed E-state index contributed by atoms with van der Waals surface area (Å²) < 4.78 is 5.71. The number of carboxylic acids is 1. The highest BCUT2D eigenvalue weighted by molar-refractivity contribution is 8.00. The molecule has 0 bridgehead atoms. The number of amides is 1. The number of furan rings is 1. The first-order valence-electron chi connectivity index (χ1n) is 4.87. The minimum absolute atomic E-state index is 0.185. The molecule has 0 unspecified atom stereocenters. The van der Waals surface area contributed by atoms with E-state index in [-0.39, 0.29) is 10.6 Å². The van der Waals surface area contributed by atoms with Crippen LogP contribution in [0.15, 0.2) is 33.1 Å². The summed E-state index contributed by atoms with van der Waals surface area (Å²) in [5.74, 6) is -1.22. The van der Waals surface area contributed by atoms with E-state index in [1.165, 1.54) is 24.1 Å². The van der Waals surface area contributed by atoms with Crippen molar-refractivity contribution in [2.75, 3.05) is 11.6 Å². The fourth-order valence-corrected chi connectivity index (χ4v) is 2.93. The Labute approximate surface area is 111 Å². The van der Waals surface area contributed by atoms with Gasteiger partial charge in [-0.1, -0.05) is 0 Å². The zero-order chi connectivity index (χ0) is 13.1. The van der Waals surface area contributed by atoms with E-state index in [0.717, 1.165) is 15.5 Å². The maximum atomic E-state index is 11.8. The van der Waals surface area contributed by atoms with Crippen molar-refractivity contribution >= 4 is 40.7 Å². The van der Waals surface area contributed by atoms with Gasteiger partial charge in [0.2, 0.25) is 0 Å². The molecule has 0 atom stereocenters. The highest BCUT2D eigenvalue weighted by Crippen LogP contribution is 2.35. The van der Waals surface area contributed by atoms with Gasteiger partial charge in [-0.05, 0) is 24.5 Å². The second kappa shape index (κ2) is 5.28. The van der Waals surface area contributed by atoms with E-state index >= 15 is 0 Å². The molecule has 0 aliphatic heterocycles. The molecule has 2 rings (SSSR count). The van der Waals surface area contributed by atoms with Crippen molar-refractivity contribution in [1.82, 2.24) is 0 Å². The second-order valence-corrected chi connectivity index (χ2v) is 5.38. The molecule has 0 fully saturated rings. The Hall–Kier alpha value is -1.73. The van der Waals surface area contributed by atoms with Crippen LogP contribution >= 0.6 is 23.1 Å². The summed E-state index contributed by atoms with van der Waals surface area (Å²) in [4.78, 5) is 22.8. The third-order valence-corrected chi connectivity index (χ3v) is 4.35. The first kappa shape index (κ1) is 12.7. The molecular formula is C11H9NO4S2. The van der Waals surface area contributed by atoms with Gasteiger partial charge in [0.1, 0.15) is 4.88 Å². The number of carboxylic acid groups (broad SMARTS) is 1. The maximum absolute atomic E-state index is 11.8. The van der Waals surface area contributed by atoms with E-state index in [9.17, 15) is 9.59 Å². The molecule has 1 amide bonds. The monoisotopic (exact) mass is 283 g/mol. The number of rotatable bonds is 4. The van der Waals surface area contributed by atoms with E-state index in [1.807, 2.05) is 6.26 Å². The number of carbonyl (C=O) groups is 2. The lowest BCUT2D eigenvalue weighted by Crippen LogP contribution is -2.10. The van der Waals surface area contributed by atoms with Crippen molar-refractivity contribution < 1.29 is 19.1 Å². The Bertz CT molecular complexity index is 574. The van der Waals surface area contributed by atoms with Crippen molar-refractivity contribution in [2.45, 2.75) is 4.21 Å². The van der Waals surface area contributed by atoms with E-state index in [2.05, 4.69) is 5.32 Å². The van der Waals surface area contributed by atoms with Crippen LogP contribution in [-0.4, -0.2) is 23.2 Å². The van der Waals surface area contributed by atoms with Gasteiger partial charge >= 0.3 is 5.97 Å². The van der Waals surface area contributed by atoms with E-state index < -0.39 is 11.9 Å². The van der Waals surface area contributed by atoms with Gasteiger partial charge in [-0.15, -0.1) is 23.1 Å². The molecule has 0 aromatic carbocycles. The number of carbonyl (C=O) groups excluding carboxylic acids is 1. The van der Waals surface area contributed by atoms with Gasteiger partial charge < -0.3 is 14.8 Å². The van der Waals surface area contributed by atoms with Crippen LogP contribution in [0.3, 0.4) is 0 Å². The Morgan fingerprint density at radius 2 is 2.28 bits per heavy atom. The lowest BCUT2D eigenvalue weighted by Gasteiger charge is -2.01. The second-order valence-electron chi connectivity index (χ2n) is 3.25. The van der Waals surface area contributed by atoms with Crippen LogP contribution in [0.4, 0.5) is 5.69 Å². The Balaban J connectivity index is 2.23. The van der Waals surface area contributed by atoms with Crippen LogP contribution in [0.1, 0.15) is 20.2 Å². The fraction of sp³-hybridized carbons (Fsp3) is 0.0909. The quantitative estimate of drug-likeness (QED) is 0.843. The smallest absolute Gasteiger partial charge is 0.345 e. The number of thioether (sulfide) groups is 1. The lowest BCUT2D eigenvalue weighted by atomic mass is 10.4. The predicted octanol–water partition coefficient (Wildman–Crippen LogP) is 3.01. The molecule has 94 valence electrons. The summed E-state index contributed by atoms with van der Waals surface area (Å²) in [6.45, 7) is 0. The Morgan fingerprint density at radius 1 is 1.50 bits per heavy atom. The van der Waals surface area contributed by atoms with Gasteiger partial charge in [-0.2, -0.15) is 0 Å². The highest BCUT2D eigenvalue weighted by Gasteiger charge is 2.16. The van der Waals surface area contributed by atoms with Crippen LogP contribution in [0, 0.1) is 0 Å². The fourth-order valence-electron chi connectivity index (χ4n) is 1.31. The van der Waals surface area contributed by atoms with Gasteiger partial charge in [-0.3, -0.25) is 4.79 Å². The van der Waals surface area contributed by atoms with Crippen molar-refractivity contribution in [1.29, 1.82) is 0 Å². The zero-order valence-electron chi connectivity index (χ0n) is 9.30. The minimum atomic E-state index is -1.01. The molecule has 7 heteroatoms. The normalized spacial score (nSPS) is 10.3. The van der Waals surface area contributed by atoms with E-state index in [4.69, 9.17) is 9.52 Å². The van der Waals surface area contributed by atoms with Gasteiger partial charge in [-0.25, -0.2) is 4.79 Å². The standard InChI is InChI=1S/C11H9NO4S2/c1-17-11-6(5-8(18-11)10(14)15)12-9(13)7-3-2-4-16-7/h2-5H,1H3,(H,12,13)(H,14,15). The average Bonchev–Trinajstić information content (AvgIpc) is 2.97. The maximum Gasteiger partial charge on any atom is 0.345 e. The zero-order valence-corrected chi connectivity index (χ0v) is 10.9. The van der Waals surface area contributed by atoms with Crippen molar-refractivity contribution in [3.8, 4) is 0 Å². The summed E-state index contributed by atoms with van der Waals surface area (Å²) >= 11 is 2.51. The molecule has 0 aliphatic rings. The SMILES string of the molecule is CSc1sc(C(=O)O)cc1NC(=O)c1ccco1. The van der Waals surface area contributed by atoms with Crippen molar-refractivity contribution in [3.63, 3.8) is 0 Å². The first-order valence-corrected chi connectivity index (χ1v) is 6.92. The topological polar surface area (TPSA) is 79.5 Å². The molecule has 2 N–H and O–H groups in total. The summed E-state index contributed by atoms with van der Waals surface area (Å²) in [6, 6.07) is 4.60. The Morgan fingerprint density at radius 3 is 2.83 bits per heavy atom. The number of hydrogen-bond donors (Lipinski definition) is 2. The molecule has 2 aromatic heterocycles. The van der Waals surface area contributed by atoms with Gasteiger partial charge in [0.05, 0.1) is 16.2 Å². The third kappa shape index (κ3) is 2.57. The molecule has 18 heavy (non-hydrogen) atoms. The van der Waals surface area contributed by atoms with E-state index in [0.29, 0.717) is 5.69 Å². The number of anilines is 1. The number of thiophene rings is 1. The van der Waals surface area contributed by atoms with E-state index in [1.54, 1.807) is 12.1 Å². The van der Waals surface area contributed by atoms with Crippen LogP contribution in [0.5, 0.6) is 0 Å². The molecule has 0 saturated heterocycles. The lowest BCUT2D eigenvalue weighted by molar-refractivity contribution is 0.0702. The molecule has 0 aliphatic carbocycles. The number of nitrogens with one attached hydrogen (secondary N) is 1. The molecule has 0 spiro atoms. The molecule has 2 aromatic rings. The molecule has 5 nitrogen and oxygen atoms in total. The number of aromatic carboxylic acids is 1. The highest BCUT2D eigenvalue weighted by atomic mass is 32.2. The van der Waals surface area contributed by atoms with Crippen LogP contribution in [0.25, 0.3) is 0 Å². The molecular weight excluding hydrogens is 274 g/mol. The summed E-state index contributed by atoms with van der Waals surface area (Å²) in [7, 11) is 0. The summed E-state index contributed by atoms with van der Waals surface area (Å²) in [5.41, 5.74) is 0.492. The average molecular weight is 283 g/mol. The first-order chi connectivity index (χ1) is 8.61. The van der Waals surface area contributed by atoms with Gasteiger partial charge in [0.15, 0.2) is 5.76 Å². The van der Waals surface area contributed by atoms with Crippen LogP contribution in [0.2, 0.25) is 0 Å². The van der Waals surface area contributed by atoms with Crippen molar-refractivity contribution in [2.24, 2.45) is 0 Å². The summed E-state index contributed by atoms with van der Waals surface area (Å²) in [5, 5.41) is 11.5. The third-order valence-electron chi connectivity index (χ3n) is 2.09. The Kier molecular flexibility index (Phi) is 3.73. The van der Waals surface area contributed by atoms with Crippen molar-refractivity contribution in [3.05, 3.63) is 35.1 Å². The van der Waals surface area contributed by atoms with Gasteiger partial charge in [0.25, 0.3) is 5.91 Å². The number of hydrogen-bond acceptors (Lipinski definition) is 5. The predicted molar refractivity (Wildman–Crippen MR) is 69.7 cm³/mol. The minimum Gasteiger partial charge on any atom is -0.477 e. The summed E-state index contributed by atoms with van der Waals surface area (Å²) in [6.07, 6.45) is 3.22. The van der Waals surface area contributed by atoms with Crippen LogP contribution < -0.4 is 5.32 Å². The molecule has 0 saturated carbocycles. The molecule has 0 radical (unpaired) electrons. The largest absolute Gasteiger partial charge is 0.477 e. The molecule has 2 heterocycles.